The Morgan fingerprint density at radius 2 is 2.14 bits per heavy atom. The van der Waals surface area contributed by atoms with Crippen LogP contribution in [0, 0.1) is 0 Å². The highest BCUT2D eigenvalue weighted by molar-refractivity contribution is 7.12. The Kier molecular flexibility index (Phi) is 4.85. The van der Waals surface area contributed by atoms with Crippen LogP contribution in [0.3, 0.4) is 0 Å². The maximum absolute atomic E-state index is 11.1. The third kappa shape index (κ3) is 3.55. The predicted octanol–water partition coefficient (Wildman–Crippen LogP) is 4.19. The van der Waals surface area contributed by atoms with Crippen LogP contribution in [0.5, 0.6) is 5.75 Å². The van der Waals surface area contributed by atoms with Gasteiger partial charge in [-0.15, -0.1) is 11.3 Å². The average Bonchev–Trinajstić information content (AvgIpc) is 2.96. The van der Waals surface area contributed by atoms with Gasteiger partial charge in [-0.1, -0.05) is 6.92 Å². The Hall–Kier alpha value is -2.01. The van der Waals surface area contributed by atoms with Crippen LogP contribution in [-0.4, -0.2) is 18.2 Å². The zero-order chi connectivity index (χ0) is 15.4. The monoisotopic (exact) mass is 305 g/mol. The lowest BCUT2D eigenvalue weighted by atomic mass is 10.1. The summed E-state index contributed by atoms with van der Waals surface area (Å²) < 4.78 is 5.29. The quantitative estimate of drug-likeness (QED) is 0.840. The number of carbonyl (C=O) groups is 1. The van der Waals surface area contributed by atoms with Crippen LogP contribution in [0.15, 0.2) is 30.3 Å². The highest BCUT2D eigenvalue weighted by Gasteiger charge is 2.13. The topological polar surface area (TPSA) is 58.6 Å². The van der Waals surface area contributed by atoms with Crippen LogP contribution in [0.4, 0.5) is 5.69 Å². The molecule has 1 atom stereocenters. The first kappa shape index (κ1) is 15.4. The van der Waals surface area contributed by atoms with Crippen molar-refractivity contribution in [3.05, 3.63) is 45.6 Å². The van der Waals surface area contributed by atoms with Gasteiger partial charge in [-0.2, -0.15) is 0 Å². The van der Waals surface area contributed by atoms with Crippen molar-refractivity contribution in [2.75, 3.05) is 12.4 Å². The fourth-order valence-corrected chi connectivity index (χ4v) is 3.03. The molecule has 1 heterocycles. The van der Waals surface area contributed by atoms with E-state index in [0.717, 1.165) is 6.42 Å². The molecule has 0 aliphatic heterocycles. The number of methoxy groups -OCH3 is 1. The van der Waals surface area contributed by atoms with E-state index in [1.54, 1.807) is 30.6 Å². The minimum atomic E-state index is -0.947. The number of ether oxygens (including phenoxy) is 1. The first-order valence-corrected chi connectivity index (χ1v) is 7.63. The molecule has 2 N–H and O–H groups in total. The second kappa shape index (κ2) is 6.63. The van der Waals surface area contributed by atoms with Crippen molar-refractivity contribution in [1.82, 2.24) is 0 Å². The average molecular weight is 305 g/mol. The number of anilines is 1. The SMILES string of the molecule is CCc1ccc(C(C)Nc2cc(C(=O)O)ccc2OC)s1. The van der Waals surface area contributed by atoms with Gasteiger partial charge in [-0.05, 0) is 43.7 Å². The van der Waals surface area contributed by atoms with Gasteiger partial charge in [0.2, 0.25) is 0 Å². The molecule has 0 aliphatic rings. The van der Waals surface area contributed by atoms with E-state index in [2.05, 4.69) is 31.3 Å². The molecule has 5 heteroatoms. The van der Waals surface area contributed by atoms with Gasteiger partial charge >= 0.3 is 5.97 Å². The number of hydrogen-bond donors (Lipinski definition) is 2. The third-order valence-electron chi connectivity index (χ3n) is 3.28. The van der Waals surface area contributed by atoms with Gasteiger partial charge in [0.15, 0.2) is 0 Å². The highest BCUT2D eigenvalue weighted by Crippen LogP contribution is 2.31. The van der Waals surface area contributed by atoms with Gasteiger partial charge in [0.1, 0.15) is 5.75 Å². The van der Waals surface area contributed by atoms with E-state index in [9.17, 15) is 4.79 Å². The van der Waals surface area contributed by atoms with Crippen molar-refractivity contribution in [2.45, 2.75) is 26.3 Å². The number of aromatic carboxylic acids is 1. The number of rotatable bonds is 6. The maximum Gasteiger partial charge on any atom is 0.335 e. The summed E-state index contributed by atoms with van der Waals surface area (Å²) in [5, 5.41) is 12.4. The van der Waals surface area contributed by atoms with E-state index >= 15 is 0 Å². The van der Waals surface area contributed by atoms with Crippen molar-refractivity contribution in [3.63, 3.8) is 0 Å². The van der Waals surface area contributed by atoms with Crippen LogP contribution in [0.25, 0.3) is 0 Å². The minimum absolute atomic E-state index is 0.0910. The number of thiophene rings is 1. The van der Waals surface area contributed by atoms with Crippen LogP contribution in [0.2, 0.25) is 0 Å². The molecule has 0 aliphatic carbocycles. The molecule has 0 amide bonds. The summed E-state index contributed by atoms with van der Waals surface area (Å²) in [6.45, 7) is 4.19. The van der Waals surface area contributed by atoms with E-state index in [0.29, 0.717) is 11.4 Å². The summed E-state index contributed by atoms with van der Waals surface area (Å²) in [4.78, 5) is 13.6. The van der Waals surface area contributed by atoms with Crippen molar-refractivity contribution in [1.29, 1.82) is 0 Å². The zero-order valence-corrected chi connectivity index (χ0v) is 13.2. The Labute approximate surface area is 128 Å². The number of nitrogens with one attached hydrogen (secondary N) is 1. The molecule has 0 saturated heterocycles. The van der Waals surface area contributed by atoms with E-state index in [1.165, 1.54) is 15.8 Å². The summed E-state index contributed by atoms with van der Waals surface area (Å²) in [5.74, 6) is -0.308. The largest absolute Gasteiger partial charge is 0.495 e. The van der Waals surface area contributed by atoms with E-state index in [1.807, 2.05) is 0 Å². The molecule has 112 valence electrons. The van der Waals surface area contributed by atoms with Gasteiger partial charge in [0.05, 0.1) is 24.4 Å². The van der Waals surface area contributed by atoms with Crippen LogP contribution in [-0.2, 0) is 6.42 Å². The first-order chi connectivity index (χ1) is 10.0. The number of benzene rings is 1. The second-order valence-corrected chi connectivity index (χ2v) is 5.94. The molecule has 0 radical (unpaired) electrons. The van der Waals surface area contributed by atoms with Crippen molar-refractivity contribution in [3.8, 4) is 5.75 Å². The normalized spacial score (nSPS) is 12.0. The number of hydrogen-bond acceptors (Lipinski definition) is 4. The molecule has 1 unspecified atom stereocenters. The Morgan fingerprint density at radius 3 is 2.71 bits per heavy atom. The highest BCUT2D eigenvalue weighted by atomic mass is 32.1. The summed E-state index contributed by atoms with van der Waals surface area (Å²) in [6, 6.07) is 9.14. The minimum Gasteiger partial charge on any atom is -0.495 e. The second-order valence-electron chi connectivity index (χ2n) is 4.74. The molecule has 0 saturated carbocycles. The van der Waals surface area contributed by atoms with Gasteiger partial charge < -0.3 is 15.2 Å². The standard InChI is InChI=1S/C16H19NO3S/c1-4-12-6-8-15(21-12)10(2)17-13-9-11(16(18)19)5-7-14(13)20-3/h5-10,17H,4H2,1-3H3,(H,18,19). The molecule has 4 nitrogen and oxygen atoms in total. The molecule has 0 fully saturated rings. The van der Waals surface area contributed by atoms with E-state index < -0.39 is 5.97 Å². The summed E-state index contributed by atoms with van der Waals surface area (Å²) in [7, 11) is 1.58. The molecule has 1 aromatic carbocycles. The van der Waals surface area contributed by atoms with Gasteiger partial charge in [0.25, 0.3) is 0 Å². The van der Waals surface area contributed by atoms with Crippen LogP contribution < -0.4 is 10.1 Å². The summed E-state index contributed by atoms with van der Waals surface area (Å²) >= 11 is 1.76. The van der Waals surface area contributed by atoms with Crippen molar-refractivity contribution < 1.29 is 14.6 Å². The molecule has 1 aromatic heterocycles. The molecule has 0 spiro atoms. The van der Waals surface area contributed by atoms with Gasteiger partial charge in [-0.25, -0.2) is 4.79 Å². The molecule has 2 rings (SSSR count). The lowest BCUT2D eigenvalue weighted by molar-refractivity contribution is 0.0697. The molecule has 21 heavy (non-hydrogen) atoms. The molecule has 2 aromatic rings. The van der Waals surface area contributed by atoms with Crippen LogP contribution >= 0.6 is 11.3 Å². The first-order valence-electron chi connectivity index (χ1n) is 6.81. The van der Waals surface area contributed by atoms with Crippen molar-refractivity contribution >= 4 is 23.0 Å². The Bertz CT molecular complexity index is 636. The molecular formula is C16H19NO3S. The lowest BCUT2D eigenvalue weighted by Crippen LogP contribution is -2.07. The zero-order valence-electron chi connectivity index (χ0n) is 12.3. The predicted molar refractivity (Wildman–Crippen MR) is 85.7 cm³/mol. The summed E-state index contributed by atoms with van der Waals surface area (Å²) in [5.41, 5.74) is 0.933. The Balaban J connectivity index is 2.24. The fourth-order valence-electron chi connectivity index (χ4n) is 2.08. The van der Waals surface area contributed by atoms with Gasteiger partial charge in [-0.3, -0.25) is 0 Å². The van der Waals surface area contributed by atoms with E-state index in [-0.39, 0.29) is 11.6 Å². The van der Waals surface area contributed by atoms with Crippen LogP contribution in [0.1, 0.15) is 40.0 Å². The van der Waals surface area contributed by atoms with Crippen molar-refractivity contribution in [2.24, 2.45) is 0 Å². The smallest absolute Gasteiger partial charge is 0.335 e. The number of carboxylic acid groups (broad SMARTS) is 1. The Morgan fingerprint density at radius 1 is 1.38 bits per heavy atom. The van der Waals surface area contributed by atoms with E-state index in [4.69, 9.17) is 9.84 Å². The maximum atomic E-state index is 11.1. The number of carboxylic acids is 1. The fraction of sp³-hybridized carbons (Fsp3) is 0.312. The molecular weight excluding hydrogens is 286 g/mol. The molecule has 0 bridgehead atoms. The summed E-state index contributed by atoms with van der Waals surface area (Å²) in [6.07, 6.45) is 1.02. The lowest BCUT2D eigenvalue weighted by Gasteiger charge is -2.17. The number of aryl methyl sites for hydroxylation is 1. The van der Waals surface area contributed by atoms with Gasteiger partial charge in [0, 0.05) is 9.75 Å². The third-order valence-corrected chi connectivity index (χ3v) is 4.69.